The first-order chi connectivity index (χ1) is 13.4. The second kappa shape index (κ2) is 7.37. The molecule has 2 aromatic rings. The van der Waals surface area contributed by atoms with E-state index in [4.69, 9.17) is 0 Å². The van der Waals surface area contributed by atoms with Gasteiger partial charge in [0.15, 0.2) is 0 Å². The molecule has 1 aliphatic carbocycles. The number of H-pyrrole nitrogens is 1. The van der Waals surface area contributed by atoms with E-state index in [1.807, 2.05) is 48.2 Å². The molecule has 4 rings (SSSR count). The fourth-order valence-electron chi connectivity index (χ4n) is 4.65. The summed E-state index contributed by atoms with van der Waals surface area (Å²) in [5.74, 6) is 1.09. The maximum Gasteiger partial charge on any atom is 0.270 e. The second-order valence-electron chi connectivity index (χ2n) is 8.16. The van der Waals surface area contributed by atoms with Crippen molar-refractivity contribution in [3.63, 3.8) is 0 Å². The van der Waals surface area contributed by atoms with Gasteiger partial charge in [0.25, 0.3) is 5.56 Å². The second-order valence-corrected chi connectivity index (χ2v) is 8.16. The normalized spacial score (nSPS) is 24.4. The highest BCUT2D eigenvalue weighted by molar-refractivity contribution is 5.78. The molecule has 1 aromatic heterocycles. The smallest absolute Gasteiger partial charge is 0.270 e. The first-order valence-electron chi connectivity index (χ1n) is 9.90. The number of aromatic amines is 1. The lowest BCUT2D eigenvalue weighted by Gasteiger charge is -2.31. The Morgan fingerprint density at radius 1 is 1.25 bits per heavy atom. The number of benzene rings is 1. The van der Waals surface area contributed by atoms with Gasteiger partial charge >= 0.3 is 0 Å². The van der Waals surface area contributed by atoms with E-state index >= 15 is 0 Å². The van der Waals surface area contributed by atoms with E-state index in [1.54, 1.807) is 0 Å². The van der Waals surface area contributed by atoms with Crippen molar-refractivity contribution in [1.29, 1.82) is 0 Å². The topological polar surface area (TPSA) is 86.4 Å². The monoisotopic (exact) mass is 382 g/mol. The number of aryl methyl sites for hydroxylation is 1. The van der Waals surface area contributed by atoms with Crippen molar-refractivity contribution >= 4 is 22.8 Å². The molecule has 0 spiro atoms. The van der Waals surface area contributed by atoms with Gasteiger partial charge in [-0.15, -0.1) is 0 Å². The number of aromatic nitrogens is 2. The molecular formula is C21H26N4O3. The molecule has 148 valence electrons. The number of nitrogens with zero attached hydrogens (tertiary/aromatic N) is 3. The SMILES string of the molecule is CN1C[C@@H]2C[C@H](N(C)C(=O)CCc3nc4ccccc4[nH]c3=O)C[C@@H]2CC1=O. The number of amides is 2. The summed E-state index contributed by atoms with van der Waals surface area (Å²) in [7, 11) is 3.70. The van der Waals surface area contributed by atoms with E-state index in [1.165, 1.54) is 0 Å². The molecule has 7 heteroatoms. The Balaban J connectivity index is 1.38. The van der Waals surface area contributed by atoms with Crippen molar-refractivity contribution in [3.8, 4) is 0 Å². The van der Waals surface area contributed by atoms with E-state index in [9.17, 15) is 14.4 Å². The Morgan fingerprint density at radius 2 is 2.00 bits per heavy atom. The van der Waals surface area contributed by atoms with Crippen molar-refractivity contribution in [2.45, 2.75) is 38.1 Å². The Morgan fingerprint density at radius 3 is 2.82 bits per heavy atom. The van der Waals surface area contributed by atoms with Gasteiger partial charge in [-0.3, -0.25) is 14.4 Å². The zero-order chi connectivity index (χ0) is 19.8. The zero-order valence-electron chi connectivity index (χ0n) is 16.4. The Bertz CT molecular complexity index is 970. The lowest BCUT2D eigenvalue weighted by Crippen LogP contribution is -2.40. The predicted octanol–water partition coefficient (Wildman–Crippen LogP) is 1.57. The van der Waals surface area contributed by atoms with E-state index in [0.717, 1.165) is 24.9 Å². The Kier molecular flexibility index (Phi) is 4.91. The maximum absolute atomic E-state index is 12.7. The number of piperidine rings is 1. The van der Waals surface area contributed by atoms with Crippen LogP contribution in [0.2, 0.25) is 0 Å². The Labute approximate surface area is 163 Å². The van der Waals surface area contributed by atoms with Crippen LogP contribution in [0.1, 0.15) is 31.4 Å². The molecule has 0 unspecified atom stereocenters. The first kappa shape index (κ1) is 18.7. The number of hydrogen-bond donors (Lipinski definition) is 1. The van der Waals surface area contributed by atoms with Gasteiger partial charge in [0.1, 0.15) is 5.69 Å². The summed E-state index contributed by atoms with van der Waals surface area (Å²) < 4.78 is 0. The summed E-state index contributed by atoms with van der Waals surface area (Å²) in [6, 6.07) is 7.56. The highest BCUT2D eigenvalue weighted by Gasteiger charge is 2.42. The van der Waals surface area contributed by atoms with Crippen LogP contribution in [0.3, 0.4) is 0 Å². The maximum atomic E-state index is 12.7. The minimum Gasteiger partial charge on any atom is -0.345 e. The number of nitrogens with one attached hydrogen (secondary N) is 1. The van der Waals surface area contributed by atoms with E-state index in [0.29, 0.717) is 35.9 Å². The summed E-state index contributed by atoms with van der Waals surface area (Å²) in [6.45, 7) is 0.790. The van der Waals surface area contributed by atoms with Crippen LogP contribution in [-0.4, -0.2) is 58.3 Å². The molecular weight excluding hydrogens is 356 g/mol. The fraction of sp³-hybridized carbons (Fsp3) is 0.524. The average Bonchev–Trinajstić information content (AvgIpc) is 3.08. The van der Waals surface area contributed by atoms with Crippen LogP contribution in [0.4, 0.5) is 0 Å². The van der Waals surface area contributed by atoms with Gasteiger partial charge in [0, 0.05) is 45.9 Å². The molecule has 0 bridgehead atoms. The quantitative estimate of drug-likeness (QED) is 0.870. The van der Waals surface area contributed by atoms with Gasteiger partial charge in [0.2, 0.25) is 11.8 Å². The summed E-state index contributed by atoms with van der Waals surface area (Å²) in [5.41, 5.74) is 1.59. The first-order valence-corrected chi connectivity index (χ1v) is 9.90. The van der Waals surface area contributed by atoms with Crippen LogP contribution >= 0.6 is 0 Å². The van der Waals surface area contributed by atoms with Gasteiger partial charge in [-0.25, -0.2) is 4.98 Å². The molecule has 1 aromatic carbocycles. The van der Waals surface area contributed by atoms with Gasteiger partial charge in [-0.05, 0) is 36.8 Å². The molecule has 1 saturated carbocycles. The van der Waals surface area contributed by atoms with Crippen molar-refractivity contribution in [1.82, 2.24) is 19.8 Å². The lowest BCUT2D eigenvalue weighted by molar-refractivity contribution is -0.135. The summed E-state index contributed by atoms with van der Waals surface area (Å²) in [5, 5.41) is 0. The third-order valence-electron chi connectivity index (χ3n) is 6.37. The van der Waals surface area contributed by atoms with Gasteiger partial charge in [-0.2, -0.15) is 0 Å². The average molecular weight is 382 g/mol. The molecule has 2 amide bonds. The lowest BCUT2D eigenvalue weighted by atomic mass is 9.88. The molecule has 2 aliphatic rings. The van der Waals surface area contributed by atoms with Crippen molar-refractivity contribution in [2.75, 3.05) is 20.6 Å². The van der Waals surface area contributed by atoms with Crippen LogP contribution in [0.5, 0.6) is 0 Å². The largest absolute Gasteiger partial charge is 0.345 e. The molecule has 2 heterocycles. The number of para-hydroxylation sites is 2. The third kappa shape index (κ3) is 3.53. The molecule has 1 aliphatic heterocycles. The number of fused-ring (bicyclic) bond motifs is 2. The highest BCUT2D eigenvalue weighted by atomic mass is 16.2. The summed E-state index contributed by atoms with van der Waals surface area (Å²) in [4.78, 5) is 47.8. The van der Waals surface area contributed by atoms with Gasteiger partial charge in [0.05, 0.1) is 11.0 Å². The minimum absolute atomic E-state index is 0.0256. The van der Waals surface area contributed by atoms with Crippen molar-refractivity contribution in [2.24, 2.45) is 11.8 Å². The zero-order valence-corrected chi connectivity index (χ0v) is 16.4. The summed E-state index contributed by atoms with van der Waals surface area (Å²) in [6.07, 6.45) is 3.01. The number of rotatable bonds is 4. The van der Waals surface area contributed by atoms with Crippen LogP contribution in [0.25, 0.3) is 11.0 Å². The molecule has 1 N–H and O–H groups in total. The minimum atomic E-state index is -0.234. The number of hydrogen-bond acceptors (Lipinski definition) is 4. The molecule has 3 atom stereocenters. The van der Waals surface area contributed by atoms with E-state index < -0.39 is 0 Å². The molecule has 7 nitrogen and oxygen atoms in total. The molecule has 1 saturated heterocycles. The molecule has 2 fully saturated rings. The number of carbonyl (C=O) groups excluding carboxylic acids is 2. The standard InChI is InChI=1S/C21H26N4O3/c1-24-12-14-10-15(9-13(14)11-20(24)27)25(2)19(26)8-7-18-21(28)23-17-6-4-3-5-16(17)22-18/h3-6,13-15H,7-12H2,1-2H3,(H,23,28)/t13-,14+,15-/m1/s1. The highest BCUT2D eigenvalue weighted by Crippen LogP contribution is 2.40. The van der Waals surface area contributed by atoms with Crippen molar-refractivity contribution < 1.29 is 9.59 Å². The van der Waals surface area contributed by atoms with Crippen LogP contribution in [0, 0.1) is 11.8 Å². The molecule has 0 radical (unpaired) electrons. The predicted molar refractivity (Wildman–Crippen MR) is 106 cm³/mol. The van der Waals surface area contributed by atoms with Crippen LogP contribution in [-0.2, 0) is 16.0 Å². The third-order valence-corrected chi connectivity index (χ3v) is 6.37. The van der Waals surface area contributed by atoms with E-state index in [2.05, 4.69) is 9.97 Å². The molecule has 28 heavy (non-hydrogen) atoms. The number of likely N-dealkylation sites (tertiary alicyclic amines) is 1. The summed E-state index contributed by atoms with van der Waals surface area (Å²) >= 11 is 0. The van der Waals surface area contributed by atoms with Crippen molar-refractivity contribution in [3.05, 3.63) is 40.3 Å². The van der Waals surface area contributed by atoms with E-state index in [-0.39, 0.29) is 29.8 Å². The number of carbonyl (C=O) groups is 2. The fourth-order valence-corrected chi connectivity index (χ4v) is 4.65. The Hall–Kier alpha value is -2.70. The van der Waals surface area contributed by atoms with Crippen LogP contribution < -0.4 is 5.56 Å². The van der Waals surface area contributed by atoms with Gasteiger partial charge in [-0.1, -0.05) is 12.1 Å². The van der Waals surface area contributed by atoms with Gasteiger partial charge < -0.3 is 14.8 Å². The van der Waals surface area contributed by atoms with Crippen LogP contribution in [0.15, 0.2) is 29.1 Å².